The van der Waals surface area contributed by atoms with Gasteiger partial charge >= 0.3 is 0 Å². The lowest BCUT2D eigenvalue weighted by Gasteiger charge is -2.31. The van der Waals surface area contributed by atoms with Crippen molar-refractivity contribution in [2.75, 3.05) is 36.4 Å². The van der Waals surface area contributed by atoms with Gasteiger partial charge in [0.15, 0.2) is 0 Å². The molecule has 0 saturated carbocycles. The van der Waals surface area contributed by atoms with E-state index in [1.165, 1.54) is 30.3 Å². The Morgan fingerprint density at radius 2 is 1.65 bits per heavy atom. The second kappa shape index (κ2) is 10.9. The summed E-state index contributed by atoms with van der Waals surface area (Å²) in [4.78, 5) is 28.2. The monoisotopic (exact) mass is 464 g/mol. The van der Waals surface area contributed by atoms with Crippen molar-refractivity contribution in [1.82, 2.24) is 10.6 Å². The van der Waals surface area contributed by atoms with Crippen molar-refractivity contribution in [3.05, 3.63) is 95.6 Å². The molecule has 0 radical (unpaired) electrons. The summed E-state index contributed by atoms with van der Waals surface area (Å²) in [5, 5.41) is 8.70. The molecular weight excluding hydrogens is 438 g/mol. The first-order valence-electron chi connectivity index (χ1n) is 11.2. The van der Waals surface area contributed by atoms with Gasteiger partial charge in [-0.2, -0.15) is 0 Å². The molecule has 3 aromatic carbocycles. The number of amides is 2. The first-order chi connectivity index (χ1) is 16.5. The Morgan fingerprint density at radius 3 is 2.38 bits per heavy atom. The number of halogens is 2. The molecule has 1 atom stereocenters. The number of nitrogens with one attached hydrogen (secondary N) is 3. The standard InChI is InChI=1S/C26H26F2N4O2/c27-19-10-11-24(32-14-12-29-13-15-32)22(17-19)30-26(34)23(16-18-6-2-1-3-7-18)31-25(33)20-8-4-5-9-21(20)28/h1-11,17,23,29H,12-16H2,(H,30,34)(H,31,33)/t23-/m0/s1. The molecule has 3 N–H and O–H groups in total. The summed E-state index contributed by atoms with van der Waals surface area (Å²) in [7, 11) is 0. The average Bonchev–Trinajstić information content (AvgIpc) is 2.85. The summed E-state index contributed by atoms with van der Waals surface area (Å²) >= 11 is 0. The van der Waals surface area contributed by atoms with Crippen LogP contribution in [0.4, 0.5) is 20.2 Å². The van der Waals surface area contributed by atoms with Crippen LogP contribution in [-0.2, 0) is 11.2 Å². The van der Waals surface area contributed by atoms with Gasteiger partial charge < -0.3 is 20.9 Å². The second-order valence-corrected chi connectivity index (χ2v) is 8.08. The number of benzene rings is 3. The van der Waals surface area contributed by atoms with E-state index in [0.29, 0.717) is 24.5 Å². The van der Waals surface area contributed by atoms with Crippen molar-refractivity contribution < 1.29 is 18.4 Å². The minimum atomic E-state index is -1.01. The zero-order valence-electron chi connectivity index (χ0n) is 18.6. The van der Waals surface area contributed by atoms with Gasteiger partial charge in [-0.25, -0.2) is 8.78 Å². The molecule has 3 aromatic rings. The number of piperazine rings is 1. The summed E-state index contributed by atoms with van der Waals surface area (Å²) in [6.45, 7) is 2.98. The van der Waals surface area contributed by atoms with Gasteiger partial charge in [0.25, 0.3) is 5.91 Å². The molecule has 176 valence electrons. The Labute approximate surface area is 197 Å². The highest BCUT2D eigenvalue weighted by atomic mass is 19.1. The van der Waals surface area contributed by atoms with Gasteiger partial charge in [-0.1, -0.05) is 42.5 Å². The summed E-state index contributed by atoms with van der Waals surface area (Å²) < 4.78 is 28.2. The van der Waals surface area contributed by atoms with Gasteiger partial charge in [0.2, 0.25) is 5.91 Å². The average molecular weight is 465 g/mol. The van der Waals surface area contributed by atoms with Gasteiger partial charge in [-0.05, 0) is 35.9 Å². The highest BCUT2D eigenvalue weighted by Gasteiger charge is 2.25. The third kappa shape index (κ3) is 5.77. The molecule has 1 aliphatic heterocycles. The zero-order valence-corrected chi connectivity index (χ0v) is 18.6. The van der Waals surface area contributed by atoms with Crippen LogP contribution < -0.4 is 20.9 Å². The predicted molar refractivity (Wildman–Crippen MR) is 128 cm³/mol. The van der Waals surface area contributed by atoms with Crippen molar-refractivity contribution in [1.29, 1.82) is 0 Å². The van der Waals surface area contributed by atoms with Crippen LogP contribution in [0.2, 0.25) is 0 Å². The highest BCUT2D eigenvalue weighted by molar-refractivity contribution is 6.02. The van der Waals surface area contributed by atoms with E-state index in [4.69, 9.17) is 0 Å². The number of carbonyl (C=O) groups excluding carboxylic acids is 2. The maximum Gasteiger partial charge on any atom is 0.254 e. The summed E-state index contributed by atoms with van der Waals surface area (Å²) in [5.74, 6) is -2.37. The van der Waals surface area contributed by atoms with Crippen molar-refractivity contribution >= 4 is 23.2 Å². The number of hydrogen-bond acceptors (Lipinski definition) is 4. The van der Waals surface area contributed by atoms with Crippen LogP contribution in [0, 0.1) is 11.6 Å². The van der Waals surface area contributed by atoms with Crippen LogP contribution in [0.5, 0.6) is 0 Å². The smallest absolute Gasteiger partial charge is 0.254 e. The number of nitrogens with zero attached hydrogens (tertiary/aromatic N) is 1. The topological polar surface area (TPSA) is 73.5 Å². The number of carbonyl (C=O) groups is 2. The highest BCUT2D eigenvalue weighted by Crippen LogP contribution is 2.27. The Hall–Kier alpha value is -3.78. The van der Waals surface area contributed by atoms with Crippen LogP contribution in [0.25, 0.3) is 0 Å². The van der Waals surface area contributed by atoms with Gasteiger partial charge in [-0.3, -0.25) is 9.59 Å². The maximum absolute atomic E-state index is 14.2. The molecule has 1 saturated heterocycles. The fourth-order valence-electron chi connectivity index (χ4n) is 3.95. The number of rotatable bonds is 7. The molecule has 2 amide bonds. The SMILES string of the molecule is O=C(N[C@@H](Cc1ccccc1)C(=O)Nc1cc(F)ccc1N1CCNCC1)c1ccccc1F. The molecular formula is C26H26F2N4O2. The largest absolute Gasteiger partial charge is 0.367 e. The molecule has 34 heavy (non-hydrogen) atoms. The molecule has 1 heterocycles. The molecule has 1 fully saturated rings. The van der Waals surface area contributed by atoms with E-state index in [0.717, 1.165) is 18.7 Å². The first kappa shape index (κ1) is 23.4. The van der Waals surface area contributed by atoms with Crippen molar-refractivity contribution in [2.24, 2.45) is 0 Å². The third-order valence-corrected chi connectivity index (χ3v) is 5.70. The Bertz CT molecular complexity index is 1150. The van der Waals surface area contributed by atoms with E-state index in [9.17, 15) is 18.4 Å². The van der Waals surface area contributed by atoms with Crippen LogP contribution in [-0.4, -0.2) is 44.0 Å². The van der Waals surface area contributed by atoms with E-state index in [1.54, 1.807) is 12.1 Å². The van der Waals surface area contributed by atoms with Crippen molar-refractivity contribution in [3.8, 4) is 0 Å². The fourth-order valence-corrected chi connectivity index (χ4v) is 3.95. The molecule has 8 heteroatoms. The molecule has 6 nitrogen and oxygen atoms in total. The first-order valence-corrected chi connectivity index (χ1v) is 11.2. The van der Waals surface area contributed by atoms with Crippen LogP contribution in [0.1, 0.15) is 15.9 Å². The molecule has 0 spiro atoms. The zero-order chi connectivity index (χ0) is 23.9. The lowest BCUT2D eigenvalue weighted by atomic mass is 10.0. The summed E-state index contributed by atoms with van der Waals surface area (Å²) in [6, 6.07) is 18.0. The summed E-state index contributed by atoms with van der Waals surface area (Å²) in [6.07, 6.45) is 0.186. The van der Waals surface area contributed by atoms with Crippen LogP contribution in [0.15, 0.2) is 72.8 Å². The van der Waals surface area contributed by atoms with E-state index in [1.807, 2.05) is 30.3 Å². The van der Waals surface area contributed by atoms with E-state index in [-0.39, 0.29) is 12.0 Å². The van der Waals surface area contributed by atoms with E-state index in [2.05, 4.69) is 20.9 Å². The predicted octanol–water partition coefficient (Wildman–Crippen LogP) is 3.35. The summed E-state index contributed by atoms with van der Waals surface area (Å²) in [5.41, 5.74) is 1.69. The lowest BCUT2D eigenvalue weighted by Crippen LogP contribution is -2.46. The lowest BCUT2D eigenvalue weighted by molar-refractivity contribution is -0.118. The fraction of sp³-hybridized carbons (Fsp3) is 0.231. The van der Waals surface area contributed by atoms with Gasteiger partial charge in [0.05, 0.1) is 16.9 Å². The van der Waals surface area contributed by atoms with Crippen molar-refractivity contribution in [2.45, 2.75) is 12.5 Å². The van der Waals surface area contributed by atoms with Crippen LogP contribution in [0.3, 0.4) is 0 Å². The van der Waals surface area contributed by atoms with Gasteiger partial charge in [-0.15, -0.1) is 0 Å². The minimum Gasteiger partial charge on any atom is -0.367 e. The Morgan fingerprint density at radius 1 is 0.941 bits per heavy atom. The normalized spacial score (nSPS) is 14.4. The third-order valence-electron chi connectivity index (χ3n) is 5.70. The number of hydrogen-bond donors (Lipinski definition) is 3. The van der Waals surface area contributed by atoms with Crippen molar-refractivity contribution in [3.63, 3.8) is 0 Å². The van der Waals surface area contributed by atoms with E-state index >= 15 is 0 Å². The Balaban J connectivity index is 1.59. The minimum absolute atomic E-state index is 0.152. The maximum atomic E-state index is 14.2. The van der Waals surface area contributed by atoms with Crippen LogP contribution >= 0.6 is 0 Å². The molecule has 0 aromatic heterocycles. The Kier molecular flexibility index (Phi) is 7.49. The molecule has 0 bridgehead atoms. The molecule has 4 rings (SSSR count). The van der Waals surface area contributed by atoms with Gasteiger partial charge in [0, 0.05) is 32.6 Å². The molecule has 0 unspecified atom stereocenters. The molecule has 0 aliphatic carbocycles. The van der Waals surface area contributed by atoms with E-state index < -0.39 is 29.5 Å². The number of anilines is 2. The van der Waals surface area contributed by atoms with Gasteiger partial charge in [0.1, 0.15) is 17.7 Å². The molecule has 1 aliphatic rings. The second-order valence-electron chi connectivity index (χ2n) is 8.08. The quantitative estimate of drug-likeness (QED) is 0.502.